The summed E-state index contributed by atoms with van der Waals surface area (Å²) in [4.78, 5) is 28.2. The Morgan fingerprint density at radius 1 is 0.944 bits per heavy atom. The van der Waals surface area contributed by atoms with Crippen molar-refractivity contribution in [2.75, 3.05) is 62.3 Å². The Morgan fingerprint density at radius 3 is 2.36 bits per heavy atom. The van der Waals surface area contributed by atoms with Gasteiger partial charge >= 0.3 is 0 Å². The van der Waals surface area contributed by atoms with E-state index in [1.807, 2.05) is 29.5 Å². The predicted molar refractivity (Wildman–Crippen MR) is 135 cm³/mol. The van der Waals surface area contributed by atoms with Crippen molar-refractivity contribution in [2.45, 2.75) is 26.7 Å². The van der Waals surface area contributed by atoms with Gasteiger partial charge in [-0.2, -0.15) is 5.10 Å². The number of nitrogens with zero attached hydrogens (tertiary/aromatic N) is 7. The molecule has 1 aromatic carbocycles. The summed E-state index contributed by atoms with van der Waals surface area (Å²) in [5.41, 5.74) is 3.98. The second kappa shape index (κ2) is 10.6. The van der Waals surface area contributed by atoms with E-state index in [4.69, 9.17) is 9.84 Å². The number of piperazine rings is 1. The SMILES string of the molecule is Cc1nn(-c2cc(N3CCOCC3)ncn2)c(C)c1CCC(=O)N1CCN(c2ccc(F)cc2)CC1. The molecule has 2 fully saturated rings. The van der Waals surface area contributed by atoms with Crippen LogP contribution in [0.2, 0.25) is 0 Å². The molecular weight excluding hydrogens is 461 g/mol. The molecule has 2 aromatic heterocycles. The highest BCUT2D eigenvalue weighted by molar-refractivity contribution is 5.77. The molecule has 36 heavy (non-hydrogen) atoms. The highest BCUT2D eigenvalue weighted by Crippen LogP contribution is 2.22. The van der Waals surface area contributed by atoms with Gasteiger partial charge in [0.1, 0.15) is 18.0 Å². The van der Waals surface area contributed by atoms with Gasteiger partial charge in [-0.3, -0.25) is 4.79 Å². The van der Waals surface area contributed by atoms with Crippen molar-refractivity contribution < 1.29 is 13.9 Å². The Morgan fingerprint density at radius 2 is 1.64 bits per heavy atom. The number of carbonyl (C=O) groups excluding carboxylic acids is 1. The van der Waals surface area contributed by atoms with Crippen LogP contribution in [0.4, 0.5) is 15.9 Å². The Labute approximate surface area is 210 Å². The van der Waals surface area contributed by atoms with Crippen LogP contribution in [0.1, 0.15) is 23.4 Å². The normalized spacial score (nSPS) is 16.5. The third kappa shape index (κ3) is 5.18. The summed E-state index contributed by atoms with van der Waals surface area (Å²) in [6.07, 6.45) is 2.65. The Kier molecular flexibility index (Phi) is 7.13. The lowest BCUT2D eigenvalue weighted by Crippen LogP contribution is -2.48. The summed E-state index contributed by atoms with van der Waals surface area (Å²) in [7, 11) is 0. The van der Waals surface area contributed by atoms with Crippen LogP contribution < -0.4 is 9.80 Å². The standard InChI is InChI=1S/C26H32FN7O2/c1-19-23(7-8-26(35)33-11-9-31(10-12-33)22-5-3-21(27)4-6-22)20(2)34(30-19)25-17-24(28-18-29-25)32-13-15-36-16-14-32/h3-6,17-18H,7-16H2,1-2H3. The topological polar surface area (TPSA) is 79.6 Å². The molecular formula is C26H32FN7O2. The van der Waals surface area contributed by atoms with Crippen molar-refractivity contribution in [1.82, 2.24) is 24.6 Å². The second-order valence-electron chi connectivity index (χ2n) is 9.24. The Balaban J connectivity index is 1.20. The monoisotopic (exact) mass is 493 g/mol. The summed E-state index contributed by atoms with van der Waals surface area (Å²) < 4.78 is 20.5. The van der Waals surface area contributed by atoms with Gasteiger partial charge in [0.25, 0.3) is 0 Å². The number of aromatic nitrogens is 4. The number of rotatable bonds is 6. The van der Waals surface area contributed by atoms with Crippen LogP contribution in [0.15, 0.2) is 36.7 Å². The van der Waals surface area contributed by atoms with E-state index in [9.17, 15) is 9.18 Å². The van der Waals surface area contributed by atoms with Crippen LogP contribution in [0.5, 0.6) is 0 Å². The number of hydrogen-bond acceptors (Lipinski definition) is 7. The average Bonchev–Trinajstić information content (AvgIpc) is 3.21. The van der Waals surface area contributed by atoms with Crippen LogP contribution in [0.25, 0.3) is 5.82 Å². The fraction of sp³-hybridized carbons (Fsp3) is 0.462. The van der Waals surface area contributed by atoms with Crippen LogP contribution >= 0.6 is 0 Å². The van der Waals surface area contributed by atoms with Crippen molar-refractivity contribution in [3.05, 3.63) is 59.4 Å². The molecule has 4 heterocycles. The molecule has 0 unspecified atom stereocenters. The summed E-state index contributed by atoms with van der Waals surface area (Å²) in [6.45, 7) is 9.82. The van der Waals surface area contributed by atoms with Crippen molar-refractivity contribution in [2.24, 2.45) is 0 Å². The number of carbonyl (C=O) groups is 1. The van der Waals surface area contributed by atoms with Gasteiger partial charge in [0.05, 0.1) is 18.9 Å². The Bertz CT molecular complexity index is 1200. The van der Waals surface area contributed by atoms with Gasteiger partial charge < -0.3 is 19.4 Å². The highest BCUT2D eigenvalue weighted by Gasteiger charge is 2.23. The van der Waals surface area contributed by atoms with E-state index < -0.39 is 0 Å². The maximum absolute atomic E-state index is 13.2. The van der Waals surface area contributed by atoms with Crippen LogP contribution in [0, 0.1) is 19.7 Å². The third-order valence-corrected chi connectivity index (χ3v) is 7.04. The minimum absolute atomic E-state index is 0.150. The fourth-order valence-corrected chi connectivity index (χ4v) is 4.93. The third-order valence-electron chi connectivity index (χ3n) is 7.04. The van der Waals surface area contributed by atoms with Crippen molar-refractivity contribution in [1.29, 1.82) is 0 Å². The number of amides is 1. The van der Waals surface area contributed by atoms with E-state index in [1.165, 1.54) is 12.1 Å². The van der Waals surface area contributed by atoms with Gasteiger partial charge in [0.2, 0.25) is 5.91 Å². The average molecular weight is 494 g/mol. The van der Waals surface area contributed by atoms with Crippen molar-refractivity contribution in [3.8, 4) is 5.82 Å². The van der Waals surface area contributed by atoms with E-state index in [2.05, 4.69) is 19.8 Å². The number of morpholine rings is 1. The van der Waals surface area contributed by atoms with E-state index >= 15 is 0 Å². The summed E-state index contributed by atoms with van der Waals surface area (Å²) in [5, 5.41) is 4.73. The quantitative estimate of drug-likeness (QED) is 0.522. The molecule has 0 radical (unpaired) electrons. The molecule has 1 amide bonds. The molecule has 9 nitrogen and oxygen atoms in total. The zero-order valence-electron chi connectivity index (χ0n) is 20.9. The number of benzene rings is 1. The van der Waals surface area contributed by atoms with E-state index in [0.717, 1.165) is 60.5 Å². The van der Waals surface area contributed by atoms with Crippen molar-refractivity contribution in [3.63, 3.8) is 0 Å². The predicted octanol–water partition coefficient (Wildman–Crippen LogP) is 2.54. The molecule has 10 heteroatoms. The number of aryl methyl sites for hydroxylation is 1. The minimum atomic E-state index is -0.237. The highest BCUT2D eigenvalue weighted by atomic mass is 19.1. The van der Waals surface area contributed by atoms with Gasteiger partial charge in [-0.1, -0.05) is 0 Å². The molecule has 2 aliphatic heterocycles. The van der Waals surface area contributed by atoms with Gasteiger partial charge in [0, 0.05) is 63.1 Å². The number of hydrogen-bond donors (Lipinski definition) is 0. The van der Waals surface area contributed by atoms with E-state index in [1.54, 1.807) is 18.5 Å². The largest absolute Gasteiger partial charge is 0.378 e. The molecule has 0 atom stereocenters. The fourth-order valence-electron chi connectivity index (χ4n) is 4.93. The molecule has 0 aliphatic carbocycles. The maximum atomic E-state index is 13.2. The minimum Gasteiger partial charge on any atom is -0.378 e. The number of ether oxygens (including phenoxy) is 1. The number of halogens is 1. The Hall–Kier alpha value is -3.53. The number of anilines is 2. The van der Waals surface area contributed by atoms with Gasteiger partial charge in [0.15, 0.2) is 5.82 Å². The zero-order chi connectivity index (χ0) is 25.1. The lowest BCUT2D eigenvalue weighted by atomic mass is 10.1. The van der Waals surface area contributed by atoms with E-state index in [-0.39, 0.29) is 11.7 Å². The first-order valence-corrected chi connectivity index (χ1v) is 12.5. The molecule has 0 spiro atoms. The summed E-state index contributed by atoms with van der Waals surface area (Å²) >= 11 is 0. The van der Waals surface area contributed by atoms with Crippen LogP contribution in [-0.2, 0) is 16.0 Å². The molecule has 190 valence electrons. The molecule has 0 bridgehead atoms. The van der Waals surface area contributed by atoms with Gasteiger partial charge in [-0.25, -0.2) is 19.0 Å². The van der Waals surface area contributed by atoms with Crippen molar-refractivity contribution >= 4 is 17.4 Å². The molecule has 5 rings (SSSR count). The second-order valence-corrected chi connectivity index (χ2v) is 9.24. The molecule has 2 saturated heterocycles. The van der Waals surface area contributed by atoms with Crippen LogP contribution in [-0.4, -0.2) is 83.0 Å². The first-order chi connectivity index (χ1) is 17.5. The van der Waals surface area contributed by atoms with Crippen LogP contribution in [0.3, 0.4) is 0 Å². The maximum Gasteiger partial charge on any atom is 0.223 e. The zero-order valence-corrected chi connectivity index (χ0v) is 20.9. The molecule has 0 saturated carbocycles. The molecule has 0 N–H and O–H groups in total. The smallest absolute Gasteiger partial charge is 0.223 e. The first-order valence-electron chi connectivity index (χ1n) is 12.5. The lowest BCUT2D eigenvalue weighted by Gasteiger charge is -2.36. The van der Waals surface area contributed by atoms with Gasteiger partial charge in [-0.15, -0.1) is 0 Å². The lowest BCUT2D eigenvalue weighted by molar-refractivity contribution is -0.131. The molecule has 3 aromatic rings. The first kappa shape index (κ1) is 24.2. The summed E-state index contributed by atoms with van der Waals surface area (Å²) in [5.74, 6) is 1.50. The molecule has 2 aliphatic rings. The van der Waals surface area contributed by atoms with Gasteiger partial charge in [-0.05, 0) is 50.1 Å². The summed E-state index contributed by atoms with van der Waals surface area (Å²) in [6, 6.07) is 8.49. The van der Waals surface area contributed by atoms with E-state index in [0.29, 0.717) is 39.1 Å².